The number of hydrogen-bond donors (Lipinski definition) is 0. The van der Waals surface area contributed by atoms with Crippen molar-refractivity contribution in [3.05, 3.63) is 58.9 Å². The van der Waals surface area contributed by atoms with Crippen LogP contribution in [0.3, 0.4) is 0 Å². The van der Waals surface area contributed by atoms with E-state index in [9.17, 15) is 4.79 Å². The fourth-order valence-electron chi connectivity index (χ4n) is 1.85. The van der Waals surface area contributed by atoms with Gasteiger partial charge in [0.2, 0.25) is 0 Å². The van der Waals surface area contributed by atoms with Crippen molar-refractivity contribution in [3.8, 4) is 11.5 Å². The van der Waals surface area contributed by atoms with Crippen LogP contribution in [0.4, 0.5) is 0 Å². The molecule has 0 spiro atoms. The summed E-state index contributed by atoms with van der Waals surface area (Å²) in [5, 5.41) is 0.387. The summed E-state index contributed by atoms with van der Waals surface area (Å²) in [5.74, 6) is 0.469. The van der Waals surface area contributed by atoms with Crippen LogP contribution in [0.1, 0.15) is 11.1 Å². The van der Waals surface area contributed by atoms with E-state index in [-0.39, 0.29) is 0 Å². The Balaban J connectivity index is 2.19. The Morgan fingerprint density at radius 2 is 2.17 bits per heavy atom. The van der Waals surface area contributed by atoms with Crippen molar-refractivity contribution < 1.29 is 19.0 Å². The van der Waals surface area contributed by atoms with Crippen LogP contribution >= 0.6 is 11.6 Å². The summed E-state index contributed by atoms with van der Waals surface area (Å²) in [5.41, 5.74) is 1.62. The fourth-order valence-corrected chi connectivity index (χ4v) is 2.12. The van der Waals surface area contributed by atoms with Crippen LogP contribution in [0.2, 0.25) is 5.02 Å². The van der Waals surface area contributed by atoms with Gasteiger partial charge in [0.05, 0.1) is 19.2 Å². The number of methoxy groups -OCH3 is 2. The minimum atomic E-state index is -0.447. The van der Waals surface area contributed by atoms with Gasteiger partial charge in [-0.25, -0.2) is 4.79 Å². The zero-order valence-corrected chi connectivity index (χ0v) is 13.5. The molecular formula is C17H16ClNO4. The van der Waals surface area contributed by atoms with Crippen LogP contribution in [0.5, 0.6) is 11.5 Å². The fraction of sp³-hybridized carbons (Fsp3) is 0.176. The molecule has 0 unspecified atom stereocenters. The molecule has 0 saturated carbocycles. The lowest BCUT2D eigenvalue weighted by molar-refractivity contribution is -0.134. The van der Waals surface area contributed by atoms with E-state index in [1.54, 1.807) is 30.6 Å². The molecule has 1 aromatic heterocycles. The molecule has 0 saturated heterocycles. The molecule has 6 heteroatoms. The zero-order chi connectivity index (χ0) is 16.7. The maximum Gasteiger partial charge on any atom is 0.330 e. The number of hydrogen-bond acceptors (Lipinski definition) is 5. The monoisotopic (exact) mass is 333 g/mol. The number of aromatic nitrogens is 1. The molecule has 5 nitrogen and oxygen atoms in total. The molecule has 0 aliphatic carbocycles. The molecule has 0 atom stereocenters. The molecule has 23 heavy (non-hydrogen) atoms. The number of carbonyl (C=O) groups excluding carboxylic acids is 1. The lowest BCUT2D eigenvalue weighted by Gasteiger charge is -2.13. The molecule has 0 N–H and O–H groups in total. The van der Waals surface area contributed by atoms with Crippen LogP contribution in [-0.2, 0) is 16.1 Å². The third-order valence-corrected chi connectivity index (χ3v) is 3.25. The van der Waals surface area contributed by atoms with Crippen molar-refractivity contribution in [2.24, 2.45) is 0 Å². The predicted octanol–water partition coefficient (Wildman–Crippen LogP) is 3.51. The van der Waals surface area contributed by atoms with E-state index in [4.69, 9.17) is 21.1 Å². The van der Waals surface area contributed by atoms with E-state index in [1.807, 2.05) is 12.1 Å². The number of carbonyl (C=O) groups is 1. The lowest BCUT2D eigenvalue weighted by Crippen LogP contribution is -1.99. The number of ether oxygens (including phenoxy) is 3. The molecule has 0 radical (unpaired) electrons. The summed E-state index contributed by atoms with van der Waals surface area (Å²) in [6.07, 6.45) is 6.31. The van der Waals surface area contributed by atoms with Gasteiger partial charge in [-0.05, 0) is 29.8 Å². The van der Waals surface area contributed by atoms with Crippen molar-refractivity contribution in [1.82, 2.24) is 4.98 Å². The average molecular weight is 334 g/mol. The highest BCUT2D eigenvalue weighted by atomic mass is 35.5. The Morgan fingerprint density at radius 1 is 1.35 bits per heavy atom. The second-order valence-electron chi connectivity index (χ2n) is 4.54. The second-order valence-corrected chi connectivity index (χ2v) is 4.95. The first kappa shape index (κ1) is 16.8. The molecule has 0 fully saturated rings. The molecule has 2 aromatic rings. The van der Waals surface area contributed by atoms with E-state index < -0.39 is 5.97 Å². The standard InChI is InChI=1S/C17H16ClNO4/c1-21-15-9-12(5-6-16(20)22-2)8-14(18)17(15)23-11-13-4-3-7-19-10-13/h3-10H,11H2,1-2H3/b6-5+. The predicted molar refractivity (Wildman–Crippen MR) is 87.6 cm³/mol. The van der Waals surface area contributed by atoms with Crippen molar-refractivity contribution in [2.45, 2.75) is 6.61 Å². The van der Waals surface area contributed by atoms with Crippen LogP contribution < -0.4 is 9.47 Å². The summed E-state index contributed by atoms with van der Waals surface area (Å²) < 4.78 is 15.6. The van der Waals surface area contributed by atoms with Crippen LogP contribution in [0, 0.1) is 0 Å². The molecule has 0 aliphatic heterocycles. The largest absolute Gasteiger partial charge is 0.493 e. The highest BCUT2D eigenvalue weighted by Gasteiger charge is 2.12. The van der Waals surface area contributed by atoms with Gasteiger partial charge in [-0.2, -0.15) is 0 Å². The van der Waals surface area contributed by atoms with E-state index in [0.717, 1.165) is 5.56 Å². The maximum atomic E-state index is 11.1. The van der Waals surface area contributed by atoms with E-state index in [2.05, 4.69) is 9.72 Å². The molecular weight excluding hydrogens is 318 g/mol. The summed E-state index contributed by atoms with van der Waals surface area (Å²) >= 11 is 6.26. The van der Waals surface area contributed by atoms with Gasteiger partial charge in [0.25, 0.3) is 0 Å². The topological polar surface area (TPSA) is 57.7 Å². The quantitative estimate of drug-likeness (QED) is 0.598. The molecule has 0 aliphatic rings. The number of nitrogens with zero attached hydrogens (tertiary/aromatic N) is 1. The van der Waals surface area contributed by atoms with Crippen LogP contribution in [0.15, 0.2) is 42.7 Å². The number of benzene rings is 1. The van der Waals surface area contributed by atoms with E-state index in [0.29, 0.717) is 28.7 Å². The van der Waals surface area contributed by atoms with Crippen LogP contribution in [-0.4, -0.2) is 25.2 Å². The summed E-state index contributed by atoms with van der Waals surface area (Å²) in [7, 11) is 2.84. The van der Waals surface area contributed by atoms with Gasteiger partial charge in [0.1, 0.15) is 6.61 Å². The first-order valence-corrected chi connectivity index (χ1v) is 7.17. The molecule has 0 bridgehead atoms. The summed E-state index contributed by atoms with van der Waals surface area (Å²) in [6, 6.07) is 7.14. The Kier molecular flexibility index (Phi) is 6.00. The normalized spacial score (nSPS) is 10.6. The van der Waals surface area contributed by atoms with Gasteiger partial charge in [0.15, 0.2) is 11.5 Å². The molecule has 0 amide bonds. The van der Waals surface area contributed by atoms with Gasteiger partial charge in [0, 0.05) is 24.0 Å². The third-order valence-electron chi connectivity index (χ3n) is 2.97. The highest BCUT2D eigenvalue weighted by Crippen LogP contribution is 2.37. The Morgan fingerprint density at radius 3 is 2.83 bits per heavy atom. The average Bonchev–Trinajstić information content (AvgIpc) is 2.59. The zero-order valence-electron chi connectivity index (χ0n) is 12.8. The number of halogens is 1. The summed E-state index contributed by atoms with van der Waals surface area (Å²) in [4.78, 5) is 15.2. The van der Waals surface area contributed by atoms with Crippen molar-refractivity contribution >= 4 is 23.6 Å². The second kappa shape index (κ2) is 8.19. The first-order chi connectivity index (χ1) is 11.1. The smallest absolute Gasteiger partial charge is 0.330 e. The van der Waals surface area contributed by atoms with Gasteiger partial charge < -0.3 is 14.2 Å². The van der Waals surface area contributed by atoms with Gasteiger partial charge >= 0.3 is 5.97 Å². The molecule has 120 valence electrons. The Labute approximate surface area is 139 Å². The van der Waals surface area contributed by atoms with Crippen molar-refractivity contribution in [1.29, 1.82) is 0 Å². The van der Waals surface area contributed by atoms with Crippen molar-refractivity contribution in [3.63, 3.8) is 0 Å². The highest BCUT2D eigenvalue weighted by molar-refractivity contribution is 6.32. The van der Waals surface area contributed by atoms with Gasteiger partial charge in [-0.15, -0.1) is 0 Å². The third kappa shape index (κ3) is 4.72. The first-order valence-electron chi connectivity index (χ1n) is 6.79. The van der Waals surface area contributed by atoms with Gasteiger partial charge in [-0.3, -0.25) is 4.98 Å². The number of esters is 1. The lowest BCUT2D eigenvalue weighted by atomic mass is 10.2. The molecule has 1 heterocycles. The SMILES string of the molecule is COC(=O)/C=C/c1cc(Cl)c(OCc2cccnc2)c(OC)c1. The molecule has 2 rings (SSSR count). The Bertz CT molecular complexity index is 701. The molecule has 1 aromatic carbocycles. The van der Waals surface area contributed by atoms with Gasteiger partial charge in [-0.1, -0.05) is 17.7 Å². The number of pyridine rings is 1. The van der Waals surface area contributed by atoms with E-state index in [1.165, 1.54) is 20.3 Å². The van der Waals surface area contributed by atoms with E-state index >= 15 is 0 Å². The number of rotatable bonds is 6. The minimum absolute atomic E-state index is 0.321. The maximum absolute atomic E-state index is 11.1. The Hall–Kier alpha value is -2.53. The minimum Gasteiger partial charge on any atom is -0.493 e. The summed E-state index contributed by atoms with van der Waals surface area (Å²) in [6.45, 7) is 0.321. The van der Waals surface area contributed by atoms with Crippen molar-refractivity contribution in [2.75, 3.05) is 14.2 Å². The van der Waals surface area contributed by atoms with Crippen LogP contribution in [0.25, 0.3) is 6.08 Å².